The monoisotopic (exact) mass is 304 g/mol. The van der Waals surface area contributed by atoms with Gasteiger partial charge in [0.25, 0.3) is 5.70 Å². The molecular weight excluding hydrogens is 292 g/mol. The van der Waals surface area contributed by atoms with Crippen LogP contribution in [-0.2, 0) is 0 Å². The van der Waals surface area contributed by atoms with E-state index in [1.165, 1.54) is 11.1 Å². The normalized spacial score (nSPS) is 18.8. The van der Waals surface area contributed by atoms with Crippen molar-refractivity contribution < 1.29 is 0 Å². The van der Waals surface area contributed by atoms with Crippen LogP contribution >= 0.6 is 11.6 Å². The molecule has 3 rings (SSSR count). The molecule has 0 saturated carbocycles. The van der Waals surface area contributed by atoms with Crippen molar-refractivity contribution in [1.29, 1.82) is 5.26 Å². The Morgan fingerprint density at radius 3 is 2.59 bits per heavy atom. The van der Waals surface area contributed by atoms with Gasteiger partial charge in [-0.05, 0) is 47.2 Å². The Morgan fingerprint density at radius 1 is 1.18 bits per heavy atom. The van der Waals surface area contributed by atoms with Crippen molar-refractivity contribution in [3.8, 4) is 6.07 Å². The third kappa shape index (κ3) is 2.50. The maximum Gasteiger partial charge on any atom is 0.265 e. The third-order valence-electron chi connectivity index (χ3n) is 4.12. The largest absolute Gasteiger partial charge is 0.265 e. The van der Waals surface area contributed by atoms with Crippen LogP contribution in [0.4, 0.5) is 0 Å². The zero-order valence-electron chi connectivity index (χ0n) is 11.9. The highest BCUT2D eigenvalue weighted by molar-refractivity contribution is 6.30. The SMILES string of the molecule is [C-]#[N+]/C(C#N)=C1/CCC(c2ccc(Cl)cc2)c2ccccc21. The minimum Gasteiger partial charge on any atom is -0.226 e. The Bertz CT molecular complexity index is 804. The van der Waals surface area contributed by atoms with Crippen molar-refractivity contribution in [1.82, 2.24) is 0 Å². The maximum atomic E-state index is 9.18. The van der Waals surface area contributed by atoms with E-state index in [-0.39, 0.29) is 11.6 Å². The van der Waals surface area contributed by atoms with Gasteiger partial charge in [0.2, 0.25) is 0 Å². The fourth-order valence-corrected chi connectivity index (χ4v) is 3.23. The van der Waals surface area contributed by atoms with Crippen LogP contribution in [0.1, 0.15) is 35.4 Å². The zero-order valence-corrected chi connectivity index (χ0v) is 12.6. The summed E-state index contributed by atoms with van der Waals surface area (Å²) in [5, 5.41) is 9.91. The van der Waals surface area contributed by atoms with Crippen molar-refractivity contribution in [2.45, 2.75) is 18.8 Å². The molecule has 3 heteroatoms. The molecular formula is C19H13ClN2. The molecule has 0 fully saturated rings. The first-order valence-corrected chi connectivity index (χ1v) is 7.48. The van der Waals surface area contributed by atoms with Crippen molar-refractivity contribution in [2.24, 2.45) is 0 Å². The quantitative estimate of drug-likeness (QED) is 0.510. The molecule has 2 aromatic rings. The Labute approximate surface area is 135 Å². The molecule has 1 atom stereocenters. The van der Waals surface area contributed by atoms with Crippen LogP contribution < -0.4 is 0 Å². The van der Waals surface area contributed by atoms with E-state index in [1.54, 1.807) is 0 Å². The van der Waals surface area contributed by atoms with Gasteiger partial charge in [-0.15, -0.1) is 0 Å². The molecule has 0 saturated heterocycles. The number of nitrogens with zero attached hydrogens (tertiary/aromatic N) is 2. The Hall–Kier alpha value is -2.55. The molecule has 1 aliphatic carbocycles. The second kappa shape index (κ2) is 6.06. The van der Waals surface area contributed by atoms with Gasteiger partial charge in [-0.25, -0.2) is 10.1 Å². The van der Waals surface area contributed by atoms with Crippen molar-refractivity contribution >= 4 is 17.2 Å². The van der Waals surface area contributed by atoms with E-state index in [2.05, 4.69) is 23.0 Å². The smallest absolute Gasteiger partial charge is 0.226 e. The van der Waals surface area contributed by atoms with E-state index in [0.29, 0.717) is 0 Å². The number of halogens is 1. The molecule has 0 bridgehead atoms. The average Bonchev–Trinajstić information content (AvgIpc) is 2.57. The van der Waals surface area contributed by atoms with Gasteiger partial charge in [0, 0.05) is 10.9 Å². The molecule has 0 heterocycles. The number of hydrogen-bond acceptors (Lipinski definition) is 1. The molecule has 0 N–H and O–H groups in total. The average molecular weight is 305 g/mol. The van der Waals surface area contributed by atoms with Crippen molar-refractivity contribution in [3.05, 3.63) is 87.4 Å². The van der Waals surface area contributed by atoms with Crippen LogP contribution in [0.25, 0.3) is 10.4 Å². The van der Waals surface area contributed by atoms with Crippen LogP contribution in [0.2, 0.25) is 5.02 Å². The first-order valence-electron chi connectivity index (χ1n) is 7.10. The minimum atomic E-state index is 0.210. The first-order chi connectivity index (χ1) is 10.7. The number of fused-ring (bicyclic) bond motifs is 1. The summed E-state index contributed by atoms with van der Waals surface area (Å²) < 4.78 is 0. The second-order valence-electron chi connectivity index (χ2n) is 5.28. The standard InChI is InChI=1S/C19H13ClN2/c1-22-19(12-21)18-11-10-15(13-6-8-14(20)9-7-13)16-4-2-3-5-17(16)18/h2-9,15H,10-11H2/b19-18-. The predicted molar refractivity (Wildman–Crippen MR) is 88.1 cm³/mol. The Kier molecular flexibility index (Phi) is 3.96. The minimum absolute atomic E-state index is 0.210. The number of nitriles is 1. The lowest BCUT2D eigenvalue weighted by molar-refractivity contribution is 0.710. The van der Waals surface area contributed by atoms with Crippen LogP contribution in [0.5, 0.6) is 0 Å². The van der Waals surface area contributed by atoms with Gasteiger partial charge in [-0.1, -0.05) is 48.0 Å². The summed E-state index contributed by atoms with van der Waals surface area (Å²) in [5.74, 6) is 0.280. The maximum absolute atomic E-state index is 9.18. The molecule has 2 nitrogen and oxygen atoms in total. The van der Waals surface area contributed by atoms with E-state index in [9.17, 15) is 5.26 Å². The Morgan fingerprint density at radius 2 is 1.91 bits per heavy atom. The van der Waals surface area contributed by atoms with Gasteiger partial charge in [0.1, 0.15) is 0 Å². The molecule has 1 unspecified atom stereocenters. The molecule has 106 valence electrons. The molecule has 0 spiro atoms. The van der Waals surface area contributed by atoms with Gasteiger partial charge in [0.15, 0.2) is 0 Å². The lowest BCUT2D eigenvalue weighted by Crippen LogP contribution is -2.11. The summed E-state index contributed by atoms with van der Waals surface area (Å²) in [4.78, 5) is 3.39. The zero-order chi connectivity index (χ0) is 15.5. The highest BCUT2D eigenvalue weighted by atomic mass is 35.5. The van der Waals surface area contributed by atoms with Gasteiger partial charge in [-0.2, -0.15) is 0 Å². The van der Waals surface area contributed by atoms with Crippen molar-refractivity contribution in [2.75, 3.05) is 0 Å². The summed E-state index contributed by atoms with van der Waals surface area (Å²) in [7, 11) is 0. The van der Waals surface area contributed by atoms with Gasteiger partial charge >= 0.3 is 0 Å². The lowest BCUT2D eigenvalue weighted by atomic mass is 9.76. The summed E-state index contributed by atoms with van der Waals surface area (Å²) >= 11 is 5.98. The summed E-state index contributed by atoms with van der Waals surface area (Å²) in [6.45, 7) is 7.21. The number of allylic oxidation sites excluding steroid dienone is 2. The molecule has 1 aliphatic rings. The van der Waals surface area contributed by atoms with Crippen LogP contribution in [-0.4, -0.2) is 0 Å². The fourth-order valence-electron chi connectivity index (χ4n) is 3.10. The second-order valence-corrected chi connectivity index (χ2v) is 5.72. The van der Waals surface area contributed by atoms with Crippen LogP contribution in [0.3, 0.4) is 0 Å². The van der Waals surface area contributed by atoms with E-state index in [4.69, 9.17) is 18.2 Å². The molecule has 2 aromatic carbocycles. The topological polar surface area (TPSA) is 28.1 Å². The lowest BCUT2D eigenvalue weighted by Gasteiger charge is -2.28. The summed E-state index contributed by atoms with van der Waals surface area (Å²) in [6, 6.07) is 18.0. The van der Waals surface area contributed by atoms with Gasteiger partial charge in [-0.3, -0.25) is 0 Å². The molecule has 0 aliphatic heterocycles. The van der Waals surface area contributed by atoms with E-state index >= 15 is 0 Å². The highest BCUT2D eigenvalue weighted by Crippen LogP contribution is 2.43. The summed E-state index contributed by atoms with van der Waals surface area (Å²) in [6.07, 6.45) is 1.64. The molecule has 0 aromatic heterocycles. The van der Waals surface area contributed by atoms with E-state index in [1.807, 2.05) is 36.4 Å². The van der Waals surface area contributed by atoms with Crippen LogP contribution in [0.15, 0.2) is 54.2 Å². The van der Waals surface area contributed by atoms with Crippen LogP contribution in [0, 0.1) is 17.9 Å². The van der Waals surface area contributed by atoms with Gasteiger partial charge in [0.05, 0.1) is 12.6 Å². The molecule has 22 heavy (non-hydrogen) atoms. The number of rotatable bonds is 1. The summed E-state index contributed by atoms with van der Waals surface area (Å²) in [5.41, 5.74) is 4.52. The highest BCUT2D eigenvalue weighted by Gasteiger charge is 2.26. The number of benzene rings is 2. The van der Waals surface area contributed by atoms with Gasteiger partial charge < -0.3 is 0 Å². The van der Waals surface area contributed by atoms with E-state index < -0.39 is 0 Å². The predicted octanol–water partition coefficient (Wildman–Crippen LogP) is 5.42. The molecule has 0 radical (unpaired) electrons. The molecule has 0 amide bonds. The van der Waals surface area contributed by atoms with E-state index in [0.717, 1.165) is 29.0 Å². The fraction of sp³-hybridized carbons (Fsp3) is 0.158. The third-order valence-corrected chi connectivity index (χ3v) is 4.37. The Balaban J connectivity index is 2.13. The number of hydrogen-bond donors (Lipinski definition) is 0. The first kappa shape index (κ1) is 14.4. The van der Waals surface area contributed by atoms with Crippen molar-refractivity contribution in [3.63, 3.8) is 0 Å².